The van der Waals surface area contributed by atoms with E-state index in [-0.39, 0.29) is 0 Å². The molecule has 1 aliphatic rings. The van der Waals surface area contributed by atoms with Crippen LogP contribution in [-0.4, -0.2) is 26.8 Å². The molecule has 1 aliphatic heterocycles. The smallest absolute Gasteiger partial charge is 0.0508 e. The molecule has 0 spiro atoms. The lowest BCUT2D eigenvalue weighted by molar-refractivity contribution is 0.125. The molecule has 0 radical (unpaired) electrons. The molecule has 0 aliphatic carbocycles. The Morgan fingerprint density at radius 1 is 1.33 bits per heavy atom. The van der Waals surface area contributed by atoms with Crippen LogP contribution < -0.4 is 5.32 Å². The van der Waals surface area contributed by atoms with Crippen molar-refractivity contribution in [3.63, 3.8) is 0 Å². The van der Waals surface area contributed by atoms with Crippen LogP contribution in [0.3, 0.4) is 0 Å². The van der Waals surface area contributed by atoms with Crippen molar-refractivity contribution < 1.29 is 4.74 Å². The fourth-order valence-electron chi connectivity index (χ4n) is 2.45. The number of nitrogens with one attached hydrogen (secondary N) is 1. The van der Waals surface area contributed by atoms with E-state index in [1.54, 1.807) is 7.11 Å². The average Bonchev–Trinajstić information content (AvgIpc) is 2.31. The highest BCUT2D eigenvalue weighted by Gasteiger charge is 2.25. The van der Waals surface area contributed by atoms with E-state index in [0.717, 1.165) is 19.7 Å². The molecule has 0 saturated carbocycles. The van der Waals surface area contributed by atoms with Gasteiger partial charge in [-0.3, -0.25) is 0 Å². The Labute approximate surface area is 91.6 Å². The maximum atomic E-state index is 5.29. The van der Waals surface area contributed by atoms with Crippen molar-refractivity contribution in [2.24, 2.45) is 5.92 Å². The molecule has 0 bridgehead atoms. The Morgan fingerprint density at radius 3 is 2.87 bits per heavy atom. The Hall–Kier alpha value is -0.860. The first kappa shape index (κ1) is 10.7. The summed E-state index contributed by atoms with van der Waals surface area (Å²) in [6.07, 6.45) is 1.22. The van der Waals surface area contributed by atoms with Crippen LogP contribution >= 0.6 is 0 Å². The lowest BCUT2D eigenvalue weighted by Crippen LogP contribution is -2.37. The zero-order chi connectivity index (χ0) is 10.5. The summed E-state index contributed by atoms with van der Waals surface area (Å²) in [5.41, 5.74) is 1.46. The van der Waals surface area contributed by atoms with Crippen LogP contribution in [-0.2, 0) is 4.74 Å². The third-order valence-electron chi connectivity index (χ3n) is 3.22. The normalized spacial score (nSPS) is 26.5. The zero-order valence-electron chi connectivity index (χ0n) is 9.28. The first-order chi connectivity index (χ1) is 7.42. The molecule has 1 fully saturated rings. The number of hydrogen-bond acceptors (Lipinski definition) is 2. The highest BCUT2D eigenvalue weighted by molar-refractivity contribution is 5.21. The summed E-state index contributed by atoms with van der Waals surface area (Å²) in [6.45, 7) is 3.06. The van der Waals surface area contributed by atoms with Gasteiger partial charge in [-0.1, -0.05) is 30.3 Å². The lowest BCUT2D eigenvalue weighted by Gasteiger charge is -2.32. The average molecular weight is 205 g/mol. The SMILES string of the molecule is COC[C@H]1CNCC[C@@H]1c1ccccc1. The largest absolute Gasteiger partial charge is 0.384 e. The van der Waals surface area contributed by atoms with Crippen molar-refractivity contribution in [2.75, 3.05) is 26.8 Å². The van der Waals surface area contributed by atoms with E-state index < -0.39 is 0 Å². The van der Waals surface area contributed by atoms with Crippen LogP contribution in [0.2, 0.25) is 0 Å². The number of piperidine rings is 1. The van der Waals surface area contributed by atoms with E-state index in [4.69, 9.17) is 4.74 Å². The molecular formula is C13H19NO. The first-order valence-electron chi connectivity index (χ1n) is 5.66. The molecular weight excluding hydrogens is 186 g/mol. The van der Waals surface area contributed by atoms with Crippen molar-refractivity contribution in [3.05, 3.63) is 35.9 Å². The van der Waals surface area contributed by atoms with Gasteiger partial charge in [0, 0.05) is 19.6 Å². The van der Waals surface area contributed by atoms with Gasteiger partial charge in [0.05, 0.1) is 6.61 Å². The van der Waals surface area contributed by atoms with Gasteiger partial charge in [0.2, 0.25) is 0 Å². The second-order valence-corrected chi connectivity index (χ2v) is 4.23. The minimum absolute atomic E-state index is 0.617. The van der Waals surface area contributed by atoms with Gasteiger partial charge in [-0.25, -0.2) is 0 Å². The van der Waals surface area contributed by atoms with Gasteiger partial charge in [0.15, 0.2) is 0 Å². The number of hydrogen-bond donors (Lipinski definition) is 1. The maximum absolute atomic E-state index is 5.29. The Morgan fingerprint density at radius 2 is 2.13 bits per heavy atom. The topological polar surface area (TPSA) is 21.3 Å². The molecule has 2 rings (SSSR count). The van der Waals surface area contributed by atoms with E-state index in [1.165, 1.54) is 12.0 Å². The molecule has 1 aromatic carbocycles. The first-order valence-corrected chi connectivity index (χ1v) is 5.66. The van der Waals surface area contributed by atoms with E-state index in [0.29, 0.717) is 11.8 Å². The highest BCUT2D eigenvalue weighted by atomic mass is 16.5. The van der Waals surface area contributed by atoms with E-state index in [9.17, 15) is 0 Å². The Balaban J connectivity index is 2.11. The highest BCUT2D eigenvalue weighted by Crippen LogP contribution is 2.30. The van der Waals surface area contributed by atoms with Crippen molar-refractivity contribution >= 4 is 0 Å². The molecule has 2 nitrogen and oxygen atoms in total. The Bertz CT molecular complexity index is 284. The summed E-state index contributed by atoms with van der Waals surface area (Å²) in [4.78, 5) is 0. The van der Waals surface area contributed by atoms with Gasteiger partial charge in [-0.2, -0.15) is 0 Å². The van der Waals surface area contributed by atoms with Crippen LogP contribution in [0.1, 0.15) is 17.9 Å². The van der Waals surface area contributed by atoms with E-state index >= 15 is 0 Å². The summed E-state index contributed by atoms with van der Waals surface area (Å²) in [5.74, 6) is 1.28. The molecule has 1 N–H and O–H groups in total. The van der Waals surface area contributed by atoms with Gasteiger partial charge in [0.25, 0.3) is 0 Å². The molecule has 2 heteroatoms. The second-order valence-electron chi connectivity index (χ2n) is 4.23. The fourth-order valence-corrected chi connectivity index (χ4v) is 2.45. The van der Waals surface area contributed by atoms with Crippen molar-refractivity contribution in [1.82, 2.24) is 5.32 Å². The van der Waals surface area contributed by atoms with Gasteiger partial charge in [-0.05, 0) is 24.4 Å². The number of ether oxygens (including phenoxy) is 1. The third-order valence-corrected chi connectivity index (χ3v) is 3.22. The number of benzene rings is 1. The number of methoxy groups -OCH3 is 1. The van der Waals surface area contributed by atoms with Gasteiger partial charge < -0.3 is 10.1 Å². The monoisotopic (exact) mass is 205 g/mol. The van der Waals surface area contributed by atoms with Crippen molar-refractivity contribution in [1.29, 1.82) is 0 Å². The molecule has 0 unspecified atom stereocenters. The van der Waals surface area contributed by atoms with E-state index in [2.05, 4.69) is 35.6 Å². The summed E-state index contributed by atoms with van der Waals surface area (Å²) < 4.78 is 5.29. The minimum atomic E-state index is 0.617. The Kier molecular flexibility index (Phi) is 3.75. The molecule has 0 aromatic heterocycles. The van der Waals surface area contributed by atoms with Crippen molar-refractivity contribution in [3.8, 4) is 0 Å². The van der Waals surface area contributed by atoms with Gasteiger partial charge in [-0.15, -0.1) is 0 Å². The third kappa shape index (κ3) is 2.58. The van der Waals surface area contributed by atoms with Gasteiger partial charge >= 0.3 is 0 Å². The van der Waals surface area contributed by atoms with Crippen molar-refractivity contribution in [2.45, 2.75) is 12.3 Å². The quantitative estimate of drug-likeness (QED) is 0.815. The zero-order valence-corrected chi connectivity index (χ0v) is 9.28. The summed E-state index contributed by atoms with van der Waals surface area (Å²) in [6, 6.07) is 10.8. The molecule has 2 atom stereocenters. The minimum Gasteiger partial charge on any atom is -0.384 e. The van der Waals surface area contributed by atoms with E-state index in [1.807, 2.05) is 0 Å². The molecule has 1 heterocycles. The van der Waals surface area contributed by atoms with Crippen LogP contribution in [0.25, 0.3) is 0 Å². The second kappa shape index (κ2) is 5.29. The molecule has 1 saturated heterocycles. The standard InChI is InChI=1S/C13H19NO/c1-15-10-12-9-14-8-7-13(12)11-5-3-2-4-6-11/h2-6,12-14H,7-10H2,1H3/t12-,13-/m1/s1. The van der Waals surface area contributed by atoms with Gasteiger partial charge in [0.1, 0.15) is 0 Å². The van der Waals surface area contributed by atoms with Crippen LogP contribution in [0.4, 0.5) is 0 Å². The fraction of sp³-hybridized carbons (Fsp3) is 0.538. The maximum Gasteiger partial charge on any atom is 0.0508 e. The predicted octanol–water partition coefficient (Wildman–Crippen LogP) is 2.03. The molecule has 0 amide bonds. The summed E-state index contributed by atoms with van der Waals surface area (Å²) in [5, 5.41) is 3.44. The lowest BCUT2D eigenvalue weighted by atomic mass is 9.82. The molecule has 15 heavy (non-hydrogen) atoms. The summed E-state index contributed by atoms with van der Waals surface area (Å²) >= 11 is 0. The predicted molar refractivity (Wildman–Crippen MR) is 62.0 cm³/mol. The molecule has 82 valence electrons. The number of rotatable bonds is 3. The summed E-state index contributed by atoms with van der Waals surface area (Å²) in [7, 11) is 1.79. The van der Waals surface area contributed by atoms with Crippen LogP contribution in [0.15, 0.2) is 30.3 Å². The van der Waals surface area contributed by atoms with Crippen LogP contribution in [0, 0.1) is 5.92 Å². The molecule has 1 aromatic rings. The van der Waals surface area contributed by atoms with Crippen LogP contribution in [0.5, 0.6) is 0 Å².